The highest BCUT2D eigenvalue weighted by Gasteiger charge is 2.12. The van der Waals surface area contributed by atoms with Crippen LogP contribution < -0.4 is 14.8 Å². The van der Waals surface area contributed by atoms with Crippen molar-refractivity contribution < 1.29 is 18.7 Å². The molecule has 0 unspecified atom stereocenters. The van der Waals surface area contributed by atoms with E-state index in [1.54, 1.807) is 7.11 Å². The number of carbonyl (C=O) groups is 1. The van der Waals surface area contributed by atoms with Gasteiger partial charge < -0.3 is 14.8 Å². The Morgan fingerprint density at radius 3 is 2.65 bits per heavy atom. The molecule has 0 bridgehead atoms. The smallest absolute Gasteiger partial charge is 0.238 e. The van der Waals surface area contributed by atoms with E-state index in [1.807, 2.05) is 37.1 Å². The first-order valence-corrected chi connectivity index (χ1v) is 8.54. The predicted molar refractivity (Wildman–Crippen MR) is 101 cm³/mol. The first-order valence-electron chi connectivity index (χ1n) is 8.16. The van der Waals surface area contributed by atoms with Gasteiger partial charge in [-0.1, -0.05) is 17.7 Å². The largest absolute Gasteiger partial charge is 0.493 e. The monoisotopic (exact) mass is 380 g/mol. The van der Waals surface area contributed by atoms with Gasteiger partial charge in [-0.15, -0.1) is 0 Å². The van der Waals surface area contributed by atoms with Crippen molar-refractivity contribution in [1.82, 2.24) is 4.90 Å². The highest BCUT2D eigenvalue weighted by Crippen LogP contribution is 2.28. The van der Waals surface area contributed by atoms with E-state index in [-0.39, 0.29) is 17.5 Å². The number of methoxy groups -OCH3 is 1. The number of likely N-dealkylation sites (N-methyl/N-ethyl adjacent to an activating group) is 1. The zero-order valence-electron chi connectivity index (χ0n) is 15.0. The van der Waals surface area contributed by atoms with Crippen LogP contribution in [-0.2, 0) is 11.3 Å². The second kappa shape index (κ2) is 9.40. The van der Waals surface area contributed by atoms with Gasteiger partial charge >= 0.3 is 0 Å². The van der Waals surface area contributed by atoms with Gasteiger partial charge in [0.2, 0.25) is 5.91 Å². The second-order valence-corrected chi connectivity index (χ2v) is 6.17. The van der Waals surface area contributed by atoms with E-state index in [0.717, 1.165) is 11.6 Å². The topological polar surface area (TPSA) is 50.8 Å². The summed E-state index contributed by atoms with van der Waals surface area (Å²) in [5.41, 5.74) is 1.37. The molecule has 0 aliphatic heterocycles. The molecule has 5 nitrogen and oxygen atoms in total. The highest BCUT2D eigenvalue weighted by atomic mass is 35.5. The minimum Gasteiger partial charge on any atom is -0.493 e. The normalized spacial score (nSPS) is 10.7. The van der Waals surface area contributed by atoms with Gasteiger partial charge in [0.25, 0.3) is 0 Å². The lowest BCUT2D eigenvalue weighted by molar-refractivity contribution is -0.117. The van der Waals surface area contributed by atoms with Gasteiger partial charge in [-0.2, -0.15) is 0 Å². The van der Waals surface area contributed by atoms with Crippen molar-refractivity contribution in [2.24, 2.45) is 0 Å². The number of hydrogen-bond donors (Lipinski definition) is 1. The van der Waals surface area contributed by atoms with Crippen LogP contribution >= 0.6 is 11.6 Å². The van der Waals surface area contributed by atoms with E-state index in [9.17, 15) is 9.18 Å². The van der Waals surface area contributed by atoms with Gasteiger partial charge in [0.1, 0.15) is 5.82 Å². The Balaban J connectivity index is 1.95. The molecule has 2 aromatic carbocycles. The summed E-state index contributed by atoms with van der Waals surface area (Å²) < 4.78 is 23.9. The van der Waals surface area contributed by atoms with Crippen LogP contribution in [-0.4, -0.2) is 38.1 Å². The van der Waals surface area contributed by atoms with Gasteiger partial charge in [-0.3, -0.25) is 9.69 Å². The Bertz CT molecular complexity index is 770. The van der Waals surface area contributed by atoms with Crippen LogP contribution in [0.5, 0.6) is 11.5 Å². The maximum absolute atomic E-state index is 13.1. The lowest BCUT2D eigenvalue weighted by Gasteiger charge is -2.18. The summed E-state index contributed by atoms with van der Waals surface area (Å²) >= 11 is 5.92. The van der Waals surface area contributed by atoms with E-state index in [2.05, 4.69) is 5.32 Å². The minimum atomic E-state index is -0.449. The molecule has 0 saturated heterocycles. The van der Waals surface area contributed by atoms with E-state index in [1.165, 1.54) is 12.1 Å². The number of halogens is 2. The minimum absolute atomic E-state index is 0.156. The summed E-state index contributed by atoms with van der Waals surface area (Å²) in [6.45, 7) is 3.17. The molecule has 0 aliphatic carbocycles. The molecule has 2 aromatic rings. The summed E-state index contributed by atoms with van der Waals surface area (Å²) in [5.74, 6) is 0.652. The van der Waals surface area contributed by atoms with Gasteiger partial charge in [0.15, 0.2) is 11.5 Å². The van der Waals surface area contributed by atoms with Crippen LogP contribution in [0.4, 0.5) is 10.1 Å². The Morgan fingerprint density at radius 2 is 2.00 bits per heavy atom. The fourth-order valence-corrected chi connectivity index (χ4v) is 2.69. The summed E-state index contributed by atoms with van der Waals surface area (Å²) in [7, 11) is 3.42. The number of ether oxygens (including phenoxy) is 2. The zero-order chi connectivity index (χ0) is 19.1. The molecule has 140 valence electrons. The van der Waals surface area contributed by atoms with Crippen LogP contribution in [0.1, 0.15) is 12.5 Å². The Morgan fingerprint density at radius 1 is 1.23 bits per heavy atom. The van der Waals surface area contributed by atoms with Crippen molar-refractivity contribution in [2.45, 2.75) is 13.5 Å². The standard InChI is InChI=1S/C19H22ClFN2O3/c1-4-26-17-8-5-13(9-18(17)25-3)11-23(2)12-19(24)22-16-7-6-14(21)10-15(16)20/h5-10H,4,11-12H2,1-3H3,(H,22,24). The molecule has 0 aliphatic rings. The number of nitrogens with zero attached hydrogens (tertiary/aromatic N) is 1. The summed E-state index contributed by atoms with van der Waals surface area (Å²) in [6.07, 6.45) is 0. The van der Waals surface area contributed by atoms with Crippen LogP contribution in [0.25, 0.3) is 0 Å². The summed E-state index contributed by atoms with van der Waals surface area (Å²) in [6, 6.07) is 9.51. The summed E-state index contributed by atoms with van der Waals surface area (Å²) in [5, 5.41) is 2.84. The fraction of sp³-hybridized carbons (Fsp3) is 0.316. The first kappa shape index (κ1) is 20.0. The average molecular weight is 381 g/mol. The molecule has 1 N–H and O–H groups in total. The number of anilines is 1. The molecule has 26 heavy (non-hydrogen) atoms. The number of amides is 1. The van der Waals surface area contributed by atoms with E-state index < -0.39 is 5.82 Å². The molecule has 1 amide bonds. The van der Waals surface area contributed by atoms with Gasteiger partial charge in [0, 0.05) is 6.54 Å². The number of carbonyl (C=O) groups excluding carboxylic acids is 1. The van der Waals surface area contributed by atoms with Crippen LogP contribution in [0.3, 0.4) is 0 Å². The number of nitrogens with one attached hydrogen (secondary N) is 1. The summed E-state index contributed by atoms with van der Waals surface area (Å²) in [4.78, 5) is 14.0. The molecule has 0 saturated carbocycles. The lowest BCUT2D eigenvalue weighted by atomic mass is 10.2. The van der Waals surface area contributed by atoms with Gasteiger partial charge in [-0.05, 0) is 49.9 Å². The number of benzene rings is 2. The highest BCUT2D eigenvalue weighted by molar-refractivity contribution is 6.33. The Labute approximate surface area is 157 Å². The molecule has 0 fully saturated rings. The molecule has 0 spiro atoms. The number of rotatable bonds is 8. The molecule has 0 atom stereocenters. The third kappa shape index (κ3) is 5.61. The fourth-order valence-electron chi connectivity index (χ4n) is 2.48. The molecule has 7 heteroatoms. The van der Waals surface area contributed by atoms with Gasteiger partial charge in [0.05, 0.1) is 31.0 Å². The van der Waals surface area contributed by atoms with Crippen molar-refractivity contribution >= 4 is 23.2 Å². The Kier molecular flexibility index (Phi) is 7.24. The van der Waals surface area contributed by atoms with Crippen LogP contribution in [0, 0.1) is 5.82 Å². The third-order valence-corrected chi connectivity index (χ3v) is 3.91. The second-order valence-electron chi connectivity index (χ2n) is 5.76. The van der Waals surface area contributed by atoms with Crippen molar-refractivity contribution in [2.75, 3.05) is 32.6 Å². The van der Waals surface area contributed by atoms with Crippen molar-refractivity contribution in [1.29, 1.82) is 0 Å². The molecule has 0 aromatic heterocycles. The van der Waals surface area contributed by atoms with Crippen LogP contribution in [0.15, 0.2) is 36.4 Å². The van der Waals surface area contributed by atoms with Gasteiger partial charge in [-0.25, -0.2) is 4.39 Å². The van der Waals surface area contributed by atoms with Crippen LogP contribution in [0.2, 0.25) is 5.02 Å². The number of hydrogen-bond acceptors (Lipinski definition) is 4. The predicted octanol–water partition coefficient (Wildman–Crippen LogP) is 3.96. The molecular formula is C19H22ClFN2O3. The maximum atomic E-state index is 13.1. The van der Waals surface area contributed by atoms with E-state index >= 15 is 0 Å². The lowest BCUT2D eigenvalue weighted by Crippen LogP contribution is -2.29. The van der Waals surface area contributed by atoms with Crippen molar-refractivity contribution in [3.05, 3.63) is 52.8 Å². The average Bonchev–Trinajstić information content (AvgIpc) is 2.58. The van der Waals surface area contributed by atoms with E-state index in [4.69, 9.17) is 21.1 Å². The van der Waals surface area contributed by atoms with Crippen molar-refractivity contribution in [3.8, 4) is 11.5 Å². The quantitative estimate of drug-likeness (QED) is 0.753. The first-order chi connectivity index (χ1) is 12.4. The maximum Gasteiger partial charge on any atom is 0.238 e. The van der Waals surface area contributed by atoms with Crippen molar-refractivity contribution in [3.63, 3.8) is 0 Å². The zero-order valence-corrected chi connectivity index (χ0v) is 15.8. The molecular weight excluding hydrogens is 359 g/mol. The molecule has 0 heterocycles. The SMILES string of the molecule is CCOc1ccc(CN(C)CC(=O)Nc2ccc(F)cc2Cl)cc1OC. The van der Waals surface area contributed by atoms with E-state index in [0.29, 0.717) is 30.3 Å². The Hall–Kier alpha value is -2.31. The third-order valence-electron chi connectivity index (χ3n) is 3.60. The molecule has 2 rings (SSSR count). The molecule has 0 radical (unpaired) electrons.